The zero-order valence-corrected chi connectivity index (χ0v) is 16.9. The average Bonchev–Trinajstić information content (AvgIpc) is 2.73. The molecule has 29 heavy (non-hydrogen) atoms. The topological polar surface area (TPSA) is 72.3 Å². The van der Waals surface area contributed by atoms with Gasteiger partial charge in [-0.25, -0.2) is 0 Å². The number of azo groups is 1. The van der Waals surface area contributed by atoms with Gasteiger partial charge in [0.1, 0.15) is 0 Å². The molecule has 1 amide bonds. The molecule has 6 heteroatoms. The highest BCUT2D eigenvalue weighted by atomic mass is 16.5. The quantitative estimate of drug-likeness (QED) is 0.526. The van der Waals surface area contributed by atoms with E-state index in [0.29, 0.717) is 22.7 Å². The monoisotopic (exact) mass is 389 g/mol. The lowest BCUT2D eigenvalue weighted by molar-refractivity contribution is 0.102. The molecule has 0 fully saturated rings. The normalized spacial score (nSPS) is 10.8. The number of hydrogen-bond donors (Lipinski definition) is 1. The van der Waals surface area contributed by atoms with E-state index in [2.05, 4.69) is 15.5 Å². The van der Waals surface area contributed by atoms with Crippen LogP contribution in [-0.4, -0.2) is 20.1 Å². The summed E-state index contributed by atoms with van der Waals surface area (Å²) in [6, 6.07) is 18.4. The van der Waals surface area contributed by atoms with Gasteiger partial charge in [-0.3, -0.25) is 4.79 Å². The van der Waals surface area contributed by atoms with Crippen LogP contribution in [-0.2, 0) is 0 Å². The number of benzene rings is 3. The maximum absolute atomic E-state index is 12.6. The van der Waals surface area contributed by atoms with Crippen molar-refractivity contribution in [3.05, 3.63) is 77.4 Å². The Hall–Kier alpha value is -3.67. The first kappa shape index (κ1) is 20.1. The third-order valence-corrected chi connectivity index (χ3v) is 4.48. The lowest BCUT2D eigenvalue weighted by Gasteiger charge is -2.11. The Morgan fingerprint density at radius 1 is 0.793 bits per heavy atom. The summed E-state index contributed by atoms with van der Waals surface area (Å²) >= 11 is 0. The molecular weight excluding hydrogens is 366 g/mol. The molecule has 0 aromatic heterocycles. The van der Waals surface area contributed by atoms with Crippen molar-refractivity contribution in [2.24, 2.45) is 10.2 Å². The van der Waals surface area contributed by atoms with Gasteiger partial charge in [-0.05, 0) is 67.4 Å². The van der Waals surface area contributed by atoms with Crippen LogP contribution in [0.2, 0.25) is 0 Å². The molecule has 0 saturated carbocycles. The minimum absolute atomic E-state index is 0.236. The molecule has 0 aliphatic rings. The fraction of sp³-hybridized carbons (Fsp3) is 0.174. The highest BCUT2D eigenvalue weighted by molar-refractivity contribution is 6.04. The van der Waals surface area contributed by atoms with E-state index in [1.54, 1.807) is 31.4 Å². The number of anilines is 1. The van der Waals surface area contributed by atoms with Crippen LogP contribution in [0.25, 0.3) is 0 Å². The van der Waals surface area contributed by atoms with E-state index in [1.807, 2.05) is 50.2 Å². The van der Waals surface area contributed by atoms with Gasteiger partial charge >= 0.3 is 0 Å². The van der Waals surface area contributed by atoms with E-state index in [9.17, 15) is 4.79 Å². The smallest absolute Gasteiger partial charge is 0.255 e. The number of aryl methyl sites for hydroxylation is 2. The van der Waals surface area contributed by atoms with Crippen LogP contribution in [0.5, 0.6) is 11.5 Å². The first-order valence-corrected chi connectivity index (χ1v) is 9.13. The molecule has 0 unspecified atom stereocenters. The highest BCUT2D eigenvalue weighted by Crippen LogP contribution is 2.29. The predicted octanol–water partition coefficient (Wildman–Crippen LogP) is 5.99. The molecule has 0 aliphatic heterocycles. The maximum atomic E-state index is 12.6. The van der Waals surface area contributed by atoms with Gasteiger partial charge in [0.15, 0.2) is 11.5 Å². The average molecular weight is 389 g/mol. The molecule has 0 radical (unpaired) electrons. The molecule has 0 aliphatic carbocycles. The summed E-state index contributed by atoms with van der Waals surface area (Å²) in [6.07, 6.45) is 0. The molecule has 0 spiro atoms. The number of amides is 1. The van der Waals surface area contributed by atoms with Crippen LogP contribution in [0.4, 0.5) is 17.1 Å². The molecule has 0 heterocycles. The third-order valence-electron chi connectivity index (χ3n) is 4.48. The van der Waals surface area contributed by atoms with Crippen LogP contribution in [0, 0.1) is 13.8 Å². The molecule has 0 saturated heterocycles. The van der Waals surface area contributed by atoms with Crippen molar-refractivity contribution in [1.29, 1.82) is 0 Å². The van der Waals surface area contributed by atoms with Crippen molar-refractivity contribution in [3.63, 3.8) is 0 Å². The maximum Gasteiger partial charge on any atom is 0.255 e. The number of rotatable bonds is 6. The molecule has 1 N–H and O–H groups in total. The van der Waals surface area contributed by atoms with E-state index < -0.39 is 0 Å². The largest absolute Gasteiger partial charge is 0.493 e. The Balaban J connectivity index is 1.75. The second-order valence-electron chi connectivity index (χ2n) is 6.51. The van der Waals surface area contributed by atoms with Crippen molar-refractivity contribution >= 4 is 23.0 Å². The van der Waals surface area contributed by atoms with Crippen molar-refractivity contribution in [1.82, 2.24) is 0 Å². The minimum atomic E-state index is -0.236. The van der Waals surface area contributed by atoms with Gasteiger partial charge in [0.2, 0.25) is 0 Å². The Labute approximate surface area is 170 Å². The van der Waals surface area contributed by atoms with Crippen molar-refractivity contribution in [3.8, 4) is 11.5 Å². The van der Waals surface area contributed by atoms with Gasteiger partial charge in [0, 0.05) is 11.3 Å². The first-order chi connectivity index (χ1) is 14.0. The number of hydrogen-bond acceptors (Lipinski definition) is 5. The van der Waals surface area contributed by atoms with E-state index in [1.165, 1.54) is 7.11 Å². The number of ether oxygens (including phenoxy) is 2. The van der Waals surface area contributed by atoms with E-state index in [-0.39, 0.29) is 5.91 Å². The van der Waals surface area contributed by atoms with Gasteiger partial charge in [0.05, 0.1) is 25.6 Å². The summed E-state index contributed by atoms with van der Waals surface area (Å²) in [6.45, 7) is 3.92. The van der Waals surface area contributed by atoms with Crippen LogP contribution >= 0.6 is 0 Å². The second kappa shape index (κ2) is 9.01. The molecule has 6 nitrogen and oxygen atoms in total. The second-order valence-corrected chi connectivity index (χ2v) is 6.51. The molecule has 3 aromatic carbocycles. The summed E-state index contributed by atoms with van der Waals surface area (Å²) in [5.74, 6) is 0.839. The van der Waals surface area contributed by atoms with Gasteiger partial charge in [-0.2, -0.15) is 10.2 Å². The molecule has 0 atom stereocenters. The Morgan fingerprint density at radius 2 is 1.48 bits per heavy atom. The summed E-state index contributed by atoms with van der Waals surface area (Å²) < 4.78 is 10.5. The van der Waals surface area contributed by atoms with Crippen LogP contribution < -0.4 is 14.8 Å². The van der Waals surface area contributed by atoms with Gasteiger partial charge in [0.25, 0.3) is 5.91 Å². The molecule has 3 aromatic rings. The number of carbonyl (C=O) groups excluding carboxylic acids is 1. The Morgan fingerprint density at radius 3 is 2.14 bits per heavy atom. The fourth-order valence-corrected chi connectivity index (χ4v) is 2.81. The zero-order valence-electron chi connectivity index (χ0n) is 16.9. The van der Waals surface area contributed by atoms with Gasteiger partial charge < -0.3 is 14.8 Å². The summed E-state index contributed by atoms with van der Waals surface area (Å²) in [4.78, 5) is 12.6. The van der Waals surface area contributed by atoms with Crippen molar-refractivity contribution in [2.75, 3.05) is 19.5 Å². The van der Waals surface area contributed by atoms with Gasteiger partial charge in [-0.1, -0.05) is 18.2 Å². The van der Waals surface area contributed by atoms with Gasteiger partial charge in [-0.15, -0.1) is 0 Å². The van der Waals surface area contributed by atoms with E-state index in [4.69, 9.17) is 9.47 Å². The summed E-state index contributed by atoms with van der Waals surface area (Å²) in [5.41, 5.74) is 4.70. The zero-order chi connectivity index (χ0) is 20.8. The Kier molecular flexibility index (Phi) is 6.24. The SMILES string of the molecule is COc1ccc(C(=O)Nc2ccc(N=Nc3ccccc3C)c(C)c2)cc1OC. The standard InChI is InChI=1S/C23H23N3O3/c1-15-7-5-6-8-19(15)25-26-20-11-10-18(13-16(20)2)24-23(27)17-9-12-21(28-3)22(14-17)29-4/h5-14H,1-4H3,(H,24,27). The molecule has 148 valence electrons. The number of nitrogens with one attached hydrogen (secondary N) is 1. The summed E-state index contributed by atoms with van der Waals surface area (Å²) in [7, 11) is 3.09. The molecular formula is C23H23N3O3. The number of carbonyl (C=O) groups is 1. The summed E-state index contributed by atoms with van der Waals surface area (Å²) in [5, 5.41) is 11.6. The lowest BCUT2D eigenvalue weighted by Crippen LogP contribution is -2.12. The third kappa shape index (κ3) is 4.79. The number of methoxy groups -OCH3 is 2. The minimum Gasteiger partial charge on any atom is -0.493 e. The van der Waals surface area contributed by atoms with E-state index >= 15 is 0 Å². The van der Waals surface area contributed by atoms with Crippen molar-refractivity contribution < 1.29 is 14.3 Å². The van der Waals surface area contributed by atoms with Crippen LogP contribution in [0.3, 0.4) is 0 Å². The van der Waals surface area contributed by atoms with Crippen LogP contribution in [0.1, 0.15) is 21.5 Å². The highest BCUT2D eigenvalue weighted by Gasteiger charge is 2.11. The number of nitrogens with zero attached hydrogens (tertiary/aromatic N) is 2. The molecule has 0 bridgehead atoms. The van der Waals surface area contributed by atoms with E-state index in [0.717, 1.165) is 22.5 Å². The molecule has 3 rings (SSSR count). The Bertz CT molecular complexity index is 1060. The first-order valence-electron chi connectivity index (χ1n) is 9.13. The van der Waals surface area contributed by atoms with Crippen molar-refractivity contribution in [2.45, 2.75) is 13.8 Å². The fourth-order valence-electron chi connectivity index (χ4n) is 2.81. The lowest BCUT2D eigenvalue weighted by atomic mass is 10.1. The van der Waals surface area contributed by atoms with Crippen LogP contribution in [0.15, 0.2) is 70.9 Å². The predicted molar refractivity (Wildman–Crippen MR) is 114 cm³/mol.